The van der Waals surface area contributed by atoms with Crippen LogP contribution in [0.5, 0.6) is 5.75 Å². The summed E-state index contributed by atoms with van der Waals surface area (Å²) in [6.45, 7) is 6.43. The highest BCUT2D eigenvalue weighted by Crippen LogP contribution is 2.28. The van der Waals surface area contributed by atoms with E-state index in [0.29, 0.717) is 32.3 Å². The molecule has 1 amide bonds. The Kier molecular flexibility index (Phi) is 7.99. The van der Waals surface area contributed by atoms with Crippen LogP contribution in [0.3, 0.4) is 0 Å². The fraction of sp³-hybridized carbons (Fsp3) is 0.696. The molecule has 8 heteroatoms. The Balaban J connectivity index is 1.42. The highest BCUT2D eigenvalue weighted by molar-refractivity contribution is 7.90. The number of sulfonamides is 1. The summed E-state index contributed by atoms with van der Waals surface area (Å²) in [6, 6.07) is 7.31. The molecule has 1 aliphatic carbocycles. The molecule has 1 saturated heterocycles. The van der Waals surface area contributed by atoms with Crippen LogP contribution < -0.4 is 14.8 Å². The van der Waals surface area contributed by atoms with Crippen molar-refractivity contribution in [2.75, 3.05) is 18.5 Å². The van der Waals surface area contributed by atoms with Gasteiger partial charge in [0.1, 0.15) is 12.4 Å². The van der Waals surface area contributed by atoms with Gasteiger partial charge in [-0.2, -0.15) is 0 Å². The van der Waals surface area contributed by atoms with Crippen molar-refractivity contribution in [2.24, 2.45) is 5.92 Å². The molecule has 1 heterocycles. The van der Waals surface area contributed by atoms with E-state index >= 15 is 0 Å². The van der Waals surface area contributed by atoms with Crippen molar-refractivity contribution in [1.29, 1.82) is 0 Å². The summed E-state index contributed by atoms with van der Waals surface area (Å²) in [6.07, 6.45) is 6.19. The van der Waals surface area contributed by atoms with Crippen LogP contribution in [0.1, 0.15) is 65.7 Å². The van der Waals surface area contributed by atoms with Crippen LogP contribution in [0.15, 0.2) is 24.3 Å². The predicted octanol–water partition coefficient (Wildman–Crippen LogP) is 3.85. The number of rotatable bonds is 7. The molecule has 2 N–H and O–H groups in total. The van der Waals surface area contributed by atoms with Crippen LogP contribution in [0, 0.1) is 5.92 Å². The highest BCUT2D eigenvalue weighted by Gasteiger charge is 2.34. The minimum Gasteiger partial charge on any atom is -0.491 e. The third-order valence-corrected chi connectivity index (χ3v) is 8.31. The molecule has 1 aromatic carbocycles. The molecule has 1 aliphatic heterocycles. The Hall–Kier alpha value is -1.64. The zero-order valence-corrected chi connectivity index (χ0v) is 19.7. The van der Waals surface area contributed by atoms with E-state index in [2.05, 4.69) is 10.0 Å². The number of carbonyl (C=O) groups excluding carboxylic acids is 1. The Morgan fingerprint density at radius 2 is 1.74 bits per heavy atom. The number of ether oxygens (including phenoxy) is 2. The third kappa shape index (κ3) is 6.92. The molecule has 31 heavy (non-hydrogen) atoms. The molecule has 3 rings (SSSR count). The lowest BCUT2D eigenvalue weighted by atomic mass is 9.86. The molecule has 0 spiro atoms. The predicted molar refractivity (Wildman–Crippen MR) is 122 cm³/mol. The van der Waals surface area contributed by atoms with Gasteiger partial charge in [-0.25, -0.2) is 13.1 Å². The van der Waals surface area contributed by atoms with Gasteiger partial charge in [0.25, 0.3) is 0 Å². The van der Waals surface area contributed by atoms with Crippen molar-refractivity contribution < 1.29 is 22.7 Å². The van der Waals surface area contributed by atoms with Crippen LogP contribution in [-0.4, -0.2) is 44.4 Å². The van der Waals surface area contributed by atoms with Crippen molar-refractivity contribution in [3.8, 4) is 5.75 Å². The van der Waals surface area contributed by atoms with Crippen molar-refractivity contribution in [2.45, 2.75) is 82.6 Å². The Morgan fingerprint density at radius 3 is 2.32 bits per heavy atom. The van der Waals surface area contributed by atoms with Gasteiger partial charge in [-0.15, -0.1) is 0 Å². The Bertz CT molecular complexity index is 819. The van der Waals surface area contributed by atoms with Gasteiger partial charge in [-0.3, -0.25) is 4.79 Å². The fourth-order valence-corrected chi connectivity index (χ4v) is 4.90. The van der Waals surface area contributed by atoms with Gasteiger partial charge in [0.05, 0.1) is 10.9 Å². The van der Waals surface area contributed by atoms with Crippen molar-refractivity contribution in [3.63, 3.8) is 0 Å². The maximum atomic E-state index is 12.6. The zero-order chi connectivity index (χ0) is 22.5. The number of anilines is 1. The first-order valence-corrected chi connectivity index (χ1v) is 12.8. The van der Waals surface area contributed by atoms with E-state index in [-0.39, 0.29) is 24.0 Å². The van der Waals surface area contributed by atoms with Crippen LogP contribution in [0.4, 0.5) is 5.69 Å². The molecule has 2 aliphatic rings. The van der Waals surface area contributed by atoms with E-state index in [1.54, 1.807) is 20.8 Å². The van der Waals surface area contributed by atoms with Crippen LogP contribution in [-0.2, 0) is 19.6 Å². The average Bonchev–Trinajstić information content (AvgIpc) is 2.73. The zero-order valence-electron chi connectivity index (χ0n) is 18.9. The number of nitrogens with one attached hydrogen (secondary N) is 2. The Labute approximate surface area is 186 Å². The van der Waals surface area contributed by atoms with Crippen LogP contribution >= 0.6 is 0 Å². The monoisotopic (exact) mass is 452 g/mol. The molecule has 0 bridgehead atoms. The average molecular weight is 453 g/mol. The molecule has 7 nitrogen and oxygen atoms in total. The molecule has 0 radical (unpaired) electrons. The summed E-state index contributed by atoms with van der Waals surface area (Å²) >= 11 is 0. The molecule has 1 unspecified atom stereocenters. The number of hydrogen-bond acceptors (Lipinski definition) is 5. The molecular weight excluding hydrogens is 416 g/mol. The number of benzene rings is 1. The van der Waals surface area contributed by atoms with Crippen molar-refractivity contribution >= 4 is 21.6 Å². The maximum Gasteiger partial charge on any atom is 0.227 e. The van der Waals surface area contributed by atoms with Crippen molar-refractivity contribution in [3.05, 3.63) is 24.3 Å². The second-order valence-corrected chi connectivity index (χ2v) is 12.1. The van der Waals surface area contributed by atoms with Gasteiger partial charge in [-0.1, -0.05) is 0 Å². The molecule has 1 atom stereocenters. The summed E-state index contributed by atoms with van der Waals surface area (Å²) in [5, 5.41) is 2.97. The van der Waals surface area contributed by atoms with Gasteiger partial charge in [0.15, 0.2) is 0 Å². The van der Waals surface area contributed by atoms with Crippen LogP contribution in [0.25, 0.3) is 0 Å². The summed E-state index contributed by atoms with van der Waals surface area (Å²) in [5.41, 5.74) is 0.738. The molecule has 1 saturated carbocycles. The summed E-state index contributed by atoms with van der Waals surface area (Å²) in [5.74, 6) is 0.648. The number of carbonyl (C=O) groups is 1. The minimum absolute atomic E-state index is 0.0126. The van der Waals surface area contributed by atoms with Gasteiger partial charge in [0, 0.05) is 24.3 Å². The summed E-state index contributed by atoms with van der Waals surface area (Å²) < 4.78 is 38.1. The normalized spacial score (nSPS) is 25.1. The summed E-state index contributed by atoms with van der Waals surface area (Å²) in [7, 11) is -3.37. The van der Waals surface area contributed by atoms with Gasteiger partial charge in [0.2, 0.25) is 15.9 Å². The van der Waals surface area contributed by atoms with E-state index in [4.69, 9.17) is 9.47 Å². The Morgan fingerprint density at radius 1 is 1.06 bits per heavy atom. The lowest BCUT2D eigenvalue weighted by Crippen LogP contribution is -2.46. The van der Waals surface area contributed by atoms with Gasteiger partial charge < -0.3 is 14.8 Å². The van der Waals surface area contributed by atoms with E-state index in [1.165, 1.54) is 6.42 Å². The molecule has 2 fully saturated rings. The first-order chi connectivity index (χ1) is 14.6. The van der Waals surface area contributed by atoms with E-state index in [0.717, 1.165) is 30.9 Å². The van der Waals surface area contributed by atoms with Gasteiger partial charge in [-0.05, 0) is 90.0 Å². The standard InChI is InChI=1S/C23H36N2O5S/c1-23(2,3)31(27,28)25-19-9-7-17(8-10-19)22(26)24-18-11-13-20(14-12-18)30-16-21-6-4-5-15-29-21/h11-14,17,19,21,25H,4-10,15-16H2,1-3H3,(H,24,26). The topological polar surface area (TPSA) is 93.7 Å². The lowest BCUT2D eigenvalue weighted by molar-refractivity contribution is -0.120. The molecule has 174 valence electrons. The quantitative estimate of drug-likeness (QED) is 0.655. The second-order valence-electron chi connectivity index (χ2n) is 9.60. The fourth-order valence-electron chi connectivity index (χ4n) is 3.88. The maximum absolute atomic E-state index is 12.6. The van der Waals surface area contributed by atoms with E-state index < -0.39 is 14.8 Å². The van der Waals surface area contributed by atoms with Crippen molar-refractivity contribution in [1.82, 2.24) is 4.72 Å². The smallest absolute Gasteiger partial charge is 0.227 e. The number of amides is 1. The summed E-state index contributed by atoms with van der Waals surface area (Å²) in [4.78, 5) is 12.6. The largest absolute Gasteiger partial charge is 0.491 e. The first kappa shape index (κ1) is 24.0. The van der Waals surface area contributed by atoms with E-state index in [9.17, 15) is 13.2 Å². The SMILES string of the molecule is CC(C)(C)S(=O)(=O)NC1CCC(C(=O)Nc2ccc(OCC3CCCCO3)cc2)CC1. The highest BCUT2D eigenvalue weighted by atomic mass is 32.2. The molecule has 0 aromatic heterocycles. The minimum atomic E-state index is -3.37. The molecule has 1 aromatic rings. The molecular formula is C23H36N2O5S. The van der Waals surface area contributed by atoms with E-state index in [1.807, 2.05) is 24.3 Å². The lowest BCUT2D eigenvalue weighted by Gasteiger charge is -2.30. The third-order valence-electron chi connectivity index (χ3n) is 6.06. The first-order valence-electron chi connectivity index (χ1n) is 11.3. The van der Waals surface area contributed by atoms with Crippen LogP contribution in [0.2, 0.25) is 0 Å². The number of hydrogen-bond donors (Lipinski definition) is 2. The van der Waals surface area contributed by atoms with Gasteiger partial charge >= 0.3 is 0 Å². The second kappa shape index (κ2) is 10.3.